The molecule has 0 aliphatic heterocycles. The van der Waals surface area contributed by atoms with Crippen LogP contribution in [-0.2, 0) is 0 Å². The van der Waals surface area contributed by atoms with E-state index in [1.54, 1.807) is 37.3 Å². The van der Waals surface area contributed by atoms with Crippen molar-refractivity contribution in [3.8, 4) is 0 Å². The molecule has 0 saturated heterocycles. The quantitative estimate of drug-likeness (QED) is 0.174. The number of alkyl halides is 3. The van der Waals surface area contributed by atoms with E-state index in [2.05, 4.69) is 25.3 Å². The monoisotopic (exact) mass is 584 g/mol. The van der Waals surface area contributed by atoms with E-state index in [1.807, 2.05) is 6.92 Å². The number of halogens is 7. The zero-order valence-corrected chi connectivity index (χ0v) is 22.3. The smallest absolute Gasteiger partial charge is 0.338 e. The lowest BCUT2D eigenvalue weighted by Gasteiger charge is -2.25. The summed E-state index contributed by atoms with van der Waals surface area (Å²) in [4.78, 5) is 16.7. The Balaban J connectivity index is 0.000000230. The number of nitrogens with one attached hydrogen (secondary N) is 1. The Morgan fingerprint density at radius 3 is 2.08 bits per heavy atom. The van der Waals surface area contributed by atoms with E-state index in [0.29, 0.717) is 11.5 Å². The predicted octanol–water partition coefficient (Wildman–Crippen LogP) is 8.38. The second-order valence-electron chi connectivity index (χ2n) is 8.33. The molecule has 39 heavy (non-hydrogen) atoms. The molecule has 2 aromatic heterocycles. The first-order valence-corrected chi connectivity index (χ1v) is 12.3. The Kier molecular flexibility index (Phi) is 10.4. The van der Waals surface area contributed by atoms with E-state index in [1.165, 1.54) is 35.5 Å². The van der Waals surface area contributed by atoms with Crippen molar-refractivity contribution in [1.29, 1.82) is 0 Å². The third-order valence-corrected chi connectivity index (χ3v) is 5.50. The number of aromatic nitrogens is 4. The van der Waals surface area contributed by atoms with Crippen molar-refractivity contribution >= 4 is 46.2 Å². The normalized spacial score (nSPS) is 11.0. The van der Waals surface area contributed by atoms with Crippen LogP contribution in [0.3, 0.4) is 0 Å². The van der Waals surface area contributed by atoms with Crippen molar-refractivity contribution in [3.05, 3.63) is 94.3 Å². The molecule has 0 unspecified atom stereocenters. The Morgan fingerprint density at radius 2 is 1.44 bits per heavy atom. The van der Waals surface area contributed by atoms with Gasteiger partial charge in [-0.3, -0.25) is 0 Å². The van der Waals surface area contributed by atoms with Crippen LogP contribution in [0, 0.1) is 25.5 Å². The molecule has 4 rings (SSSR count). The molecule has 0 spiro atoms. The molecule has 1 N–H and O–H groups in total. The van der Waals surface area contributed by atoms with Crippen LogP contribution < -0.4 is 10.2 Å². The van der Waals surface area contributed by atoms with Crippen molar-refractivity contribution in [1.82, 2.24) is 19.9 Å². The molecule has 13 heteroatoms. The highest BCUT2D eigenvalue weighted by molar-refractivity contribution is 6.28. The van der Waals surface area contributed by atoms with Crippen LogP contribution in [0.15, 0.2) is 60.9 Å². The largest absolute Gasteiger partial charge is 0.389 e. The molecule has 6 nitrogen and oxygen atoms in total. The van der Waals surface area contributed by atoms with Crippen molar-refractivity contribution < 1.29 is 22.0 Å². The number of rotatable bonds is 7. The maximum Gasteiger partial charge on any atom is 0.389 e. The van der Waals surface area contributed by atoms with Crippen molar-refractivity contribution in [2.75, 3.05) is 16.8 Å². The maximum atomic E-state index is 14.1. The lowest BCUT2D eigenvalue weighted by Crippen LogP contribution is -2.23. The second-order valence-corrected chi connectivity index (χ2v) is 9.00. The van der Waals surface area contributed by atoms with Gasteiger partial charge in [-0.25, -0.2) is 28.7 Å². The third-order valence-electron chi connectivity index (χ3n) is 5.13. The van der Waals surface area contributed by atoms with Crippen LogP contribution in [0.25, 0.3) is 0 Å². The average molecular weight is 585 g/mol. The number of hydrogen-bond donors (Lipinski definition) is 1. The first kappa shape index (κ1) is 30.0. The van der Waals surface area contributed by atoms with Gasteiger partial charge < -0.3 is 10.2 Å². The lowest BCUT2D eigenvalue weighted by molar-refractivity contribution is -0.134. The molecule has 0 aliphatic rings. The van der Waals surface area contributed by atoms with Crippen LogP contribution in [0.1, 0.15) is 24.0 Å². The molecular formula is C26H23Cl2F5N6. The van der Waals surface area contributed by atoms with Gasteiger partial charge in [0, 0.05) is 25.4 Å². The molecule has 0 radical (unpaired) electrons. The van der Waals surface area contributed by atoms with E-state index < -0.39 is 18.4 Å². The van der Waals surface area contributed by atoms with Gasteiger partial charge in [-0.1, -0.05) is 12.1 Å². The van der Waals surface area contributed by atoms with Crippen LogP contribution >= 0.6 is 23.2 Å². The Hall–Kier alpha value is -3.57. The summed E-state index contributed by atoms with van der Waals surface area (Å²) in [6.45, 7) is 3.61. The van der Waals surface area contributed by atoms with Gasteiger partial charge in [-0.15, -0.1) is 0 Å². The summed E-state index contributed by atoms with van der Waals surface area (Å²) in [6, 6.07) is 12.3. The highest BCUT2D eigenvalue weighted by Crippen LogP contribution is 2.30. The highest BCUT2D eigenvalue weighted by Gasteiger charge is 2.27. The van der Waals surface area contributed by atoms with E-state index in [9.17, 15) is 22.0 Å². The van der Waals surface area contributed by atoms with Crippen molar-refractivity contribution in [2.24, 2.45) is 0 Å². The van der Waals surface area contributed by atoms with Crippen molar-refractivity contribution in [3.63, 3.8) is 0 Å². The second kappa shape index (κ2) is 13.5. The Bertz CT molecular complexity index is 1400. The minimum Gasteiger partial charge on any atom is -0.338 e. The van der Waals surface area contributed by atoms with E-state index >= 15 is 0 Å². The molecule has 0 bridgehead atoms. The molecule has 0 saturated carbocycles. The van der Waals surface area contributed by atoms with Crippen LogP contribution in [0.5, 0.6) is 0 Å². The van der Waals surface area contributed by atoms with Gasteiger partial charge in [0.1, 0.15) is 23.3 Å². The molecule has 0 atom stereocenters. The summed E-state index contributed by atoms with van der Waals surface area (Å²) in [7, 11) is 0. The van der Waals surface area contributed by atoms with E-state index in [4.69, 9.17) is 23.2 Å². The average Bonchev–Trinajstić information content (AvgIpc) is 2.86. The molecule has 0 aliphatic carbocycles. The number of nitrogens with zero attached hydrogens (tertiary/aromatic N) is 5. The fraction of sp³-hybridized carbons (Fsp3) is 0.231. The highest BCUT2D eigenvalue weighted by atomic mass is 35.5. The van der Waals surface area contributed by atoms with Crippen LogP contribution in [-0.4, -0.2) is 32.7 Å². The van der Waals surface area contributed by atoms with Crippen LogP contribution in [0.2, 0.25) is 10.6 Å². The van der Waals surface area contributed by atoms with Gasteiger partial charge in [0.25, 0.3) is 0 Å². The molecule has 2 heterocycles. The van der Waals surface area contributed by atoms with E-state index in [0.717, 1.165) is 11.1 Å². The molecular weight excluding hydrogens is 562 g/mol. The summed E-state index contributed by atoms with van der Waals surface area (Å²) in [5.41, 5.74) is 2.27. The van der Waals surface area contributed by atoms with Gasteiger partial charge in [0.2, 0.25) is 10.6 Å². The zero-order chi connectivity index (χ0) is 28.6. The summed E-state index contributed by atoms with van der Waals surface area (Å²) in [5.74, 6) is -0.168. The summed E-state index contributed by atoms with van der Waals surface area (Å²) >= 11 is 11.4. The minimum atomic E-state index is -4.26. The number of hydrogen-bond acceptors (Lipinski definition) is 6. The van der Waals surface area contributed by atoms with Gasteiger partial charge in [-0.05, 0) is 91.0 Å². The molecule has 2 aromatic carbocycles. The summed E-state index contributed by atoms with van der Waals surface area (Å²) in [6.07, 6.45) is -2.55. The molecule has 206 valence electrons. The first-order chi connectivity index (χ1) is 18.4. The predicted molar refractivity (Wildman–Crippen MR) is 142 cm³/mol. The standard InChI is InChI=1S/C15H14ClF4N3.C11H9ClFN3/c1-10-3-4-11(17)12(9-10)23(8-2-6-15(18,19)20)13-5-7-21-14(16)22-13;1-7-2-3-8(13)9(6-7)15-10-4-5-14-11(12)16-10/h3-5,7,9H,2,6,8H2,1H3;2-6H,1H3,(H,14,15,16). The topological polar surface area (TPSA) is 66.8 Å². The Morgan fingerprint density at radius 1 is 0.821 bits per heavy atom. The van der Waals surface area contributed by atoms with Crippen LogP contribution in [0.4, 0.5) is 45.0 Å². The maximum absolute atomic E-state index is 14.1. The lowest BCUT2D eigenvalue weighted by atomic mass is 10.2. The van der Waals surface area contributed by atoms with Gasteiger partial charge in [0.05, 0.1) is 11.4 Å². The van der Waals surface area contributed by atoms with E-state index in [-0.39, 0.29) is 40.9 Å². The number of anilines is 4. The summed E-state index contributed by atoms with van der Waals surface area (Å²) < 4.78 is 64.7. The Labute approximate surface area is 231 Å². The third kappa shape index (κ3) is 9.60. The fourth-order valence-corrected chi connectivity index (χ4v) is 3.67. The molecule has 4 aromatic rings. The zero-order valence-electron chi connectivity index (χ0n) is 20.8. The van der Waals surface area contributed by atoms with Gasteiger partial charge in [0.15, 0.2) is 0 Å². The summed E-state index contributed by atoms with van der Waals surface area (Å²) in [5, 5.41) is 2.91. The van der Waals surface area contributed by atoms with Gasteiger partial charge in [-0.2, -0.15) is 13.2 Å². The molecule has 0 fully saturated rings. The number of aryl methyl sites for hydroxylation is 2. The number of benzene rings is 2. The fourth-order valence-electron chi connectivity index (χ4n) is 3.38. The minimum absolute atomic E-state index is 0.0484. The molecule has 0 amide bonds. The van der Waals surface area contributed by atoms with Crippen molar-refractivity contribution in [2.45, 2.75) is 32.9 Å². The van der Waals surface area contributed by atoms with Gasteiger partial charge >= 0.3 is 6.18 Å². The SMILES string of the molecule is Cc1ccc(F)c(N(CCCC(F)(F)F)c2ccnc(Cl)n2)c1.Cc1ccc(F)c(Nc2ccnc(Cl)n2)c1. The first-order valence-electron chi connectivity index (χ1n) is 11.5.